The molecule has 1 atom stereocenters. The Morgan fingerprint density at radius 3 is 2.79 bits per heavy atom. The molecule has 1 aliphatic heterocycles. The number of halogens is 1. The van der Waals surface area contributed by atoms with Crippen molar-refractivity contribution in [3.05, 3.63) is 30.3 Å². The number of nitrogens with one attached hydrogen (secondary N) is 2. The van der Waals surface area contributed by atoms with Gasteiger partial charge in [-0.1, -0.05) is 18.2 Å². The number of hydrogen-bond acceptors (Lipinski definition) is 3. The molecule has 2 rings (SSSR count). The van der Waals surface area contributed by atoms with Crippen LogP contribution in [-0.4, -0.2) is 52.4 Å². The number of methoxy groups -OCH3 is 1. The van der Waals surface area contributed by atoms with Crippen LogP contribution in [0.5, 0.6) is 0 Å². The lowest BCUT2D eigenvalue weighted by molar-refractivity contribution is 0.195. The summed E-state index contributed by atoms with van der Waals surface area (Å²) < 4.78 is 5.07. The molecule has 136 valence electrons. The molecule has 0 saturated carbocycles. The average Bonchev–Trinajstić information content (AvgIpc) is 3.06. The molecule has 1 saturated heterocycles. The number of benzene rings is 1. The maximum atomic E-state index is 5.07. The quantitative estimate of drug-likeness (QED) is 0.279. The van der Waals surface area contributed by atoms with E-state index in [1.54, 1.807) is 7.11 Å². The predicted octanol–water partition coefficient (Wildman–Crippen LogP) is 2.72. The van der Waals surface area contributed by atoms with E-state index in [0.717, 1.165) is 51.7 Å². The molecule has 2 N–H and O–H groups in total. The SMILES string of the molecule is CCNC(=NCC1CCN(c2ccccc2)C1)NCCCOC.I. The zero-order valence-corrected chi connectivity index (χ0v) is 17.2. The van der Waals surface area contributed by atoms with Crippen LogP contribution < -0.4 is 15.5 Å². The van der Waals surface area contributed by atoms with Gasteiger partial charge < -0.3 is 20.3 Å². The minimum atomic E-state index is 0. The van der Waals surface area contributed by atoms with Crippen molar-refractivity contribution in [1.29, 1.82) is 0 Å². The topological polar surface area (TPSA) is 48.9 Å². The molecule has 1 aromatic carbocycles. The molecule has 5 nitrogen and oxygen atoms in total. The van der Waals surface area contributed by atoms with Crippen LogP contribution in [0.15, 0.2) is 35.3 Å². The summed E-state index contributed by atoms with van der Waals surface area (Å²) in [6, 6.07) is 10.7. The van der Waals surface area contributed by atoms with Gasteiger partial charge >= 0.3 is 0 Å². The molecule has 0 aromatic heterocycles. The van der Waals surface area contributed by atoms with Crippen molar-refractivity contribution in [3.63, 3.8) is 0 Å². The Morgan fingerprint density at radius 2 is 2.08 bits per heavy atom. The fraction of sp³-hybridized carbons (Fsp3) is 0.611. The number of aliphatic imine (C=N–C) groups is 1. The molecule has 0 amide bonds. The van der Waals surface area contributed by atoms with Crippen LogP contribution in [0.25, 0.3) is 0 Å². The van der Waals surface area contributed by atoms with Crippen molar-refractivity contribution in [1.82, 2.24) is 10.6 Å². The lowest BCUT2D eigenvalue weighted by Crippen LogP contribution is -2.38. The van der Waals surface area contributed by atoms with E-state index in [1.807, 2.05) is 0 Å². The highest BCUT2D eigenvalue weighted by Crippen LogP contribution is 2.23. The number of ether oxygens (including phenoxy) is 1. The van der Waals surface area contributed by atoms with Crippen LogP contribution >= 0.6 is 24.0 Å². The molecule has 6 heteroatoms. The van der Waals surface area contributed by atoms with Crippen molar-refractivity contribution < 1.29 is 4.74 Å². The van der Waals surface area contributed by atoms with Gasteiger partial charge in [0.25, 0.3) is 0 Å². The summed E-state index contributed by atoms with van der Waals surface area (Å²) in [5.74, 6) is 1.55. The van der Waals surface area contributed by atoms with E-state index in [1.165, 1.54) is 12.1 Å². The zero-order chi connectivity index (χ0) is 16.3. The molecule has 0 spiro atoms. The summed E-state index contributed by atoms with van der Waals surface area (Å²) >= 11 is 0. The summed E-state index contributed by atoms with van der Waals surface area (Å²) in [4.78, 5) is 7.21. The van der Waals surface area contributed by atoms with Gasteiger partial charge in [-0.05, 0) is 37.8 Å². The van der Waals surface area contributed by atoms with Crippen molar-refractivity contribution in [2.24, 2.45) is 10.9 Å². The number of guanidine groups is 1. The molecule has 1 heterocycles. The van der Waals surface area contributed by atoms with E-state index in [0.29, 0.717) is 5.92 Å². The van der Waals surface area contributed by atoms with Gasteiger partial charge in [0.1, 0.15) is 0 Å². The smallest absolute Gasteiger partial charge is 0.191 e. The Kier molecular flexibility index (Phi) is 10.8. The van der Waals surface area contributed by atoms with Crippen molar-refractivity contribution in [2.45, 2.75) is 19.8 Å². The minimum Gasteiger partial charge on any atom is -0.385 e. The first-order valence-corrected chi connectivity index (χ1v) is 8.64. The van der Waals surface area contributed by atoms with Crippen molar-refractivity contribution in [2.75, 3.05) is 51.3 Å². The summed E-state index contributed by atoms with van der Waals surface area (Å²) in [5, 5.41) is 6.68. The number of rotatable bonds is 8. The first-order chi connectivity index (χ1) is 11.3. The lowest BCUT2D eigenvalue weighted by Gasteiger charge is -2.18. The predicted molar refractivity (Wildman–Crippen MR) is 113 cm³/mol. The van der Waals surface area contributed by atoms with Crippen LogP contribution in [-0.2, 0) is 4.74 Å². The number of para-hydroxylation sites is 1. The first kappa shape index (κ1) is 21.0. The van der Waals surface area contributed by atoms with E-state index in [-0.39, 0.29) is 24.0 Å². The second kappa shape index (κ2) is 12.4. The van der Waals surface area contributed by atoms with Crippen LogP contribution in [0.2, 0.25) is 0 Å². The molecule has 24 heavy (non-hydrogen) atoms. The second-order valence-electron chi connectivity index (χ2n) is 5.93. The average molecular weight is 446 g/mol. The highest BCUT2D eigenvalue weighted by Gasteiger charge is 2.22. The van der Waals surface area contributed by atoms with E-state index in [2.05, 4.69) is 52.8 Å². The van der Waals surface area contributed by atoms with Gasteiger partial charge in [0.15, 0.2) is 5.96 Å². The van der Waals surface area contributed by atoms with Crippen molar-refractivity contribution >= 4 is 35.6 Å². The summed E-state index contributed by atoms with van der Waals surface area (Å²) in [6.45, 7) is 7.75. The maximum Gasteiger partial charge on any atom is 0.191 e. The van der Waals surface area contributed by atoms with Crippen LogP contribution in [0.4, 0.5) is 5.69 Å². The monoisotopic (exact) mass is 446 g/mol. The largest absolute Gasteiger partial charge is 0.385 e. The number of anilines is 1. The maximum absolute atomic E-state index is 5.07. The molecule has 1 fully saturated rings. The van der Waals surface area contributed by atoms with Gasteiger partial charge in [-0.3, -0.25) is 4.99 Å². The van der Waals surface area contributed by atoms with Crippen LogP contribution in [0, 0.1) is 5.92 Å². The first-order valence-electron chi connectivity index (χ1n) is 8.64. The van der Waals surface area contributed by atoms with Crippen LogP contribution in [0.1, 0.15) is 19.8 Å². The summed E-state index contributed by atoms with van der Waals surface area (Å²) in [5.41, 5.74) is 1.32. The molecule has 1 unspecified atom stereocenters. The molecular weight excluding hydrogens is 415 g/mol. The van der Waals surface area contributed by atoms with Gasteiger partial charge in [0.2, 0.25) is 0 Å². The van der Waals surface area contributed by atoms with E-state index < -0.39 is 0 Å². The Morgan fingerprint density at radius 1 is 1.29 bits per heavy atom. The Balaban J connectivity index is 0.00000288. The highest BCUT2D eigenvalue weighted by molar-refractivity contribution is 14.0. The Hall–Kier alpha value is -1.02. The molecule has 1 aromatic rings. The van der Waals surface area contributed by atoms with E-state index in [4.69, 9.17) is 9.73 Å². The van der Waals surface area contributed by atoms with Gasteiger partial charge in [0.05, 0.1) is 0 Å². The molecular formula is C18H31IN4O. The zero-order valence-electron chi connectivity index (χ0n) is 14.8. The third kappa shape index (κ3) is 7.25. The molecule has 1 aliphatic rings. The number of hydrogen-bond donors (Lipinski definition) is 2. The summed E-state index contributed by atoms with van der Waals surface area (Å²) in [6.07, 6.45) is 2.20. The molecule has 0 aliphatic carbocycles. The van der Waals surface area contributed by atoms with Gasteiger partial charge in [0, 0.05) is 52.1 Å². The van der Waals surface area contributed by atoms with Gasteiger partial charge in [-0.15, -0.1) is 24.0 Å². The third-order valence-electron chi connectivity index (χ3n) is 4.08. The molecule has 0 bridgehead atoms. The summed E-state index contributed by atoms with van der Waals surface area (Å²) in [7, 11) is 1.73. The number of nitrogens with zero attached hydrogens (tertiary/aromatic N) is 2. The molecule has 0 radical (unpaired) electrons. The standard InChI is InChI=1S/C18H30N4O.HI/c1-3-19-18(20-11-7-13-23-2)21-14-16-10-12-22(15-16)17-8-5-4-6-9-17;/h4-6,8-9,16H,3,7,10-15H2,1-2H3,(H2,19,20,21);1H. The van der Waals surface area contributed by atoms with Crippen LogP contribution in [0.3, 0.4) is 0 Å². The minimum absolute atomic E-state index is 0. The van der Waals surface area contributed by atoms with Crippen molar-refractivity contribution in [3.8, 4) is 0 Å². The van der Waals surface area contributed by atoms with E-state index in [9.17, 15) is 0 Å². The third-order valence-corrected chi connectivity index (χ3v) is 4.08. The van der Waals surface area contributed by atoms with E-state index >= 15 is 0 Å². The Labute approximate surface area is 163 Å². The van der Waals surface area contributed by atoms with Gasteiger partial charge in [-0.2, -0.15) is 0 Å². The second-order valence-corrected chi connectivity index (χ2v) is 5.93. The normalized spacial score (nSPS) is 17.5. The fourth-order valence-electron chi connectivity index (χ4n) is 2.84. The lowest BCUT2D eigenvalue weighted by atomic mass is 10.1. The fourth-order valence-corrected chi connectivity index (χ4v) is 2.84. The highest BCUT2D eigenvalue weighted by atomic mass is 127. The Bertz CT molecular complexity index is 469. The van der Waals surface area contributed by atoms with Gasteiger partial charge in [-0.25, -0.2) is 0 Å².